The summed E-state index contributed by atoms with van der Waals surface area (Å²) in [5.41, 5.74) is 0. The van der Waals surface area contributed by atoms with Gasteiger partial charge in [-0.2, -0.15) is 0 Å². The predicted octanol–water partition coefficient (Wildman–Crippen LogP) is 0.778. The topological polar surface area (TPSA) is 37.3 Å². The summed E-state index contributed by atoms with van der Waals surface area (Å²) in [7, 11) is 4.26. The van der Waals surface area contributed by atoms with Crippen molar-refractivity contribution in [2.75, 3.05) is 0 Å². The molecular weight excluding hydrogens is 150 g/mol. The molecule has 0 saturated heterocycles. The third-order valence-electron chi connectivity index (χ3n) is 0. The molecule has 0 aromatic carbocycles. The first-order valence-electron chi connectivity index (χ1n) is 1.05. The monoisotopic (exact) mass is 153 g/mol. The Morgan fingerprint density at radius 1 is 1.83 bits per heavy atom. The van der Waals surface area contributed by atoms with Crippen molar-refractivity contribution in [3.05, 3.63) is 0 Å². The molecule has 0 aliphatic carbocycles. The van der Waals surface area contributed by atoms with Gasteiger partial charge in [-0.1, -0.05) is 0 Å². The van der Waals surface area contributed by atoms with Gasteiger partial charge in [0.25, 0.3) is 5.97 Å². The van der Waals surface area contributed by atoms with Crippen molar-refractivity contribution in [1.29, 1.82) is 0 Å². The van der Waals surface area contributed by atoms with Crippen molar-refractivity contribution in [1.82, 2.24) is 0 Å². The minimum absolute atomic E-state index is 0.833. The van der Waals surface area contributed by atoms with E-state index in [9.17, 15) is 0 Å². The van der Waals surface area contributed by atoms with E-state index < -0.39 is 5.97 Å². The van der Waals surface area contributed by atoms with E-state index in [2.05, 4.69) is 24.8 Å². The van der Waals surface area contributed by atoms with Crippen LogP contribution in [-0.4, -0.2) is 11.1 Å². The number of carboxylic acid groups (broad SMARTS) is 1. The molecule has 1 N–H and O–H groups in total. The molecule has 0 bridgehead atoms. The molecule has 0 unspecified atom stereocenters. The first-order valence-corrected chi connectivity index (χ1v) is 2.41. The molecule has 0 aromatic rings. The van der Waals surface area contributed by atoms with Crippen LogP contribution in [-0.2, 0) is 19.4 Å². The van der Waals surface area contributed by atoms with Gasteiger partial charge >= 0.3 is 24.8 Å². The molecule has 0 rings (SSSR count). The number of carboxylic acids is 1. The summed E-state index contributed by atoms with van der Waals surface area (Å²) in [4.78, 5) is 9.00. The van der Waals surface area contributed by atoms with Crippen LogP contribution in [0.25, 0.3) is 0 Å². The van der Waals surface area contributed by atoms with Crippen molar-refractivity contribution in [2.24, 2.45) is 0 Å². The van der Waals surface area contributed by atoms with E-state index in [4.69, 9.17) is 9.90 Å². The average molecular weight is 154 g/mol. The van der Waals surface area contributed by atoms with Gasteiger partial charge in [0.15, 0.2) is 0 Å². The maximum absolute atomic E-state index is 9.00. The second-order valence-electron chi connectivity index (χ2n) is 0.519. The zero-order valence-electron chi connectivity index (χ0n) is 3.05. The molecule has 0 aliphatic heterocycles. The number of aliphatic carboxylic acids is 1. The van der Waals surface area contributed by atoms with E-state index in [0.29, 0.717) is 0 Å². The van der Waals surface area contributed by atoms with Crippen LogP contribution in [0.4, 0.5) is 0 Å². The molecule has 0 heterocycles. The quantitative estimate of drug-likeness (QED) is 0.523. The van der Waals surface area contributed by atoms with Crippen LogP contribution < -0.4 is 0 Å². The van der Waals surface area contributed by atoms with Crippen LogP contribution >= 0.6 is 10.2 Å². The Morgan fingerprint density at radius 2 is 1.83 bits per heavy atom. The van der Waals surface area contributed by atoms with E-state index in [0.717, 1.165) is 6.92 Å². The van der Waals surface area contributed by atoms with Gasteiger partial charge in [0.2, 0.25) is 0 Å². The summed E-state index contributed by atoms with van der Waals surface area (Å²) in [5, 5.41) is 7.42. The maximum atomic E-state index is 9.00. The first-order chi connectivity index (χ1) is 2.73. The van der Waals surface area contributed by atoms with Crippen LogP contribution in [0.3, 0.4) is 0 Å². The van der Waals surface area contributed by atoms with Crippen LogP contribution in [0.2, 0.25) is 0 Å². The fourth-order valence-electron chi connectivity index (χ4n) is 0. The van der Waals surface area contributed by atoms with Crippen LogP contribution in [0.5, 0.6) is 0 Å². The first kappa shape index (κ1) is 9.54. The van der Waals surface area contributed by atoms with E-state index in [1.54, 1.807) is 0 Å². The molecule has 2 nitrogen and oxygen atoms in total. The molecule has 0 saturated carbocycles. The van der Waals surface area contributed by atoms with E-state index in [1.165, 1.54) is 0 Å². The van der Waals surface area contributed by atoms with Gasteiger partial charge in [0.1, 0.15) is 0 Å². The summed E-state index contributed by atoms with van der Waals surface area (Å²) in [5.74, 6) is -0.833. The molecule has 0 aliphatic rings. The predicted molar refractivity (Wildman–Crippen MR) is 19.2 cm³/mol. The zero-order valence-corrected chi connectivity index (χ0v) is 4.79. The Bertz CT molecular complexity index is 34.5. The van der Waals surface area contributed by atoms with Crippen molar-refractivity contribution in [2.45, 2.75) is 6.92 Å². The van der Waals surface area contributed by atoms with Gasteiger partial charge in [-0.05, 0) is 0 Å². The van der Waals surface area contributed by atoms with E-state index >= 15 is 0 Å². The summed E-state index contributed by atoms with van der Waals surface area (Å²) >= 11 is 3.35. The zero-order chi connectivity index (χ0) is 5.58. The molecule has 0 radical (unpaired) electrons. The van der Waals surface area contributed by atoms with Gasteiger partial charge in [-0.3, -0.25) is 4.79 Å². The van der Waals surface area contributed by atoms with Gasteiger partial charge < -0.3 is 5.11 Å². The Morgan fingerprint density at radius 3 is 1.83 bits per heavy atom. The minimum atomic E-state index is -0.833. The van der Waals surface area contributed by atoms with Crippen molar-refractivity contribution < 1.29 is 24.5 Å². The van der Waals surface area contributed by atoms with Gasteiger partial charge in [0.05, 0.1) is 0 Å². The van der Waals surface area contributed by atoms with Crippen LogP contribution in [0.1, 0.15) is 6.92 Å². The molecule has 0 fully saturated rings. The molecule has 0 amide bonds. The Labute approximate surface area is 48.1 Å². The Balaban J connectivity index is 0. The number of halogens is 1. The van der Waals surface area contributed by atoms with Gasteiger partial charge in [0, 0.05) is 6.92 Å². The standard InChI is InChI=1S/C2H4O2.ClH.Ni/c1-2(3)4;;/h1H3,(H,3,4);1H;/q;;+1/p-1. The van der Waals surface area contributed by atoms with Crippen LogP contribution in [0.15, 0.2) is 0 Å². The Hall–Kier alpha value is 0.254. The summed E-state index contributed by atoms with van der Waals surface area (Å²) in [6, 6.07) is 0. The summed E-state index contributed by atoms with van der Waals surface area (Å²) < 4.78 is 0. The summed E-state index contributed by atoms with van der Waals surface area (Å²) in [6.45, 7) is 1.08. The average Bonchev–Trinajstić information content (AvgIpc) is 1.41. The molecular formula is C2H4ClNiO2. The molecule has 6 heavy (non-hydrogen) atoms. The Kier molecular flexibility index (Phi) is 14.3. The number of carbonyl (C=O) groups is 1. The molecule has 0 aromatic heterocycles. The molecule has 41 valence electrons. The van der Waals surface area contributed by atoms with Gasteiger partial charge in [-0.25, -0.2) is 0 Å². The second kappa shape index (κ2) is 8.98. The number of hydrogen-bond donors (Lipinski definition) is 1. The SMILES string of the molecule is CC(=O)O.[Cl][Ni]. The third kappa shape index (κ3) is 701. The van der Waals surface area contributed by atoms with Crippen LogP contribution in [0, 0.1) is 0 Å². The van der Waals surface area contributed by atoms with Gasteiger partial charge in [-0.15, -0.1) is 0 Å². The number of rotatable bonds is 0. The summed E-state index contributed by atoms with van der Waals surface area (Å²) in [6.07, 6.45) is 0. The van der Waals surface area contributed by atoms with E-state index in [1.807, 2.05) is 0 Å². The van der Waals surface area contributed by atoms with Crippen molar-refractivity contribution in [3.63, 3.8) is 0 Å². The molecule has 4 heteroatoms. The van der Waals surface area contributed by atoms with Crippen molar-refractivity contribution >= 4 is 16.2 Å². The fourth-order valence-corrected chi connectivity index (χ4v) is 0. The second-order valence-corrected chi connectivity index (χ2v) is 0.519. The fraction of sp³-hybridized carbons (Fsp3) is 0.500. The normalized spacial score (nSPS) is 5.33. The third-order valence-corrected chi connectivity index (χ3v) is 0. The van der Waals surface area contributed by atoms with E-state index in [-0.39, 0.29) is 0 Å². The number of hydrogen-bond acceptors (Lipinski definition) is 1. The van der Waals surface area contributed by atoms with Crippen molar-refractivity contribution in [3.8, 4) is 0 Å². The molecule has 0 atom stereocenters. The molecule has 0 spiro atoms.